The van der Waals surface area contributed by atoms with Gasteiger partial charge in [0.25, 0.3) is 0 Å². The molecule has 24 heavy (non-hydrogen) atoms. The number of hydrogen-bond acceptors (Lipinski definition) is 4. The Bertz CT molecular complexity index is 835. The second-order valence-electron chi connectivity index (χ2n) is 7.02. The highest BCUT2D eigenvalue weighted by molar-refractivity contribution is 5.92. The molecule has 1 N–H and O–H groups in total. The van der Waals surface area contributed by atoms with Crippen molar-refractivity contribution in [2.45, 2.75) is 31.8 Å². The number of aromatic nitrogens is 1. The summed E-state index contributed by atoms with van der Waals surface area (Å²) in [5, 5.41) is 14.0. The smallest absolute Gasteiger partial charge is 0.150 e. The Morgan fingerprint density at radius 1 is 1.33 bits per heavy atom. The maximum absolute atomic E-state index is 11.2. The van der Waals surface area contributed by atoms with Gasteiger partial charge in [0.05, 0.1) is 0 Å². The molecule has 2 aromatic rings. The monoisotopic (exact) mass is 322 g/mol. The fraction of sp³-hybridized carbons (Fsp3) is 0.474. The van der Waals surface area contributed by atoms with Gasteiger partial charge in [0.15, 0.2) is 0 Å². The van der Waals surface area contributed by atoms with Crippen LogP contribution < -0.4 is 5.32 Å². The average molecular weight is 322 g/mol. The molecule has 1 aliphatic carbocycles. The third kappa shape index (κ3) is 2.34. The number of rotatable bonds is 4. The van der Waals surface area contributed by atoms with Crippen LogP contribution in [0.25, 0.3) is 10.9 Å². The summed E-state index contributed by atoms with van der Waals surface area (Å²) in [6.45, 7) is 7.06. The summed E-state index contributed by atoms with van der Waals surface area (Å²) in [4.78, 5) is 13.8. The number of carbonyl (C=O) groups excluding carboxylic acids is 1. The van der Waals surface area contributed by atoms with Crippen LogP contribution in [0.15, 0.2) is 18.2 Å². The zero-order valence-corrected chi connectivity index (χ0v) is 14.0. The van der Waals surface area contributed by atoms with Gasteiger partial charge in [-0.05, 0) is 43.5 Å². The summed E-state index contributed by atoms with van der Waals surface area (Å²) >= 11 is 0. The number of aryl methyl sites for hydroxylation is 1. The van der Waals surface area contributed by atoms with E-state index < -0.39 is 0 Å². The van der Waals surface area contributed by atoms with Crippen molar-refractivity contribution in [2.24, 2.45) is 0 Å². The number of aldehydes is 1. The molecule has 1 aromatic carbocycles. The zero-order valence-electron chi connectivity index (χ0n) is 14.0. The van der Waals surface area contributed by atoms with Crippen LogP contribution >= 0.6 is 0 Å². The van der Waals surface area contributed by atoms with Crippen LogP contribution in [0.2, 0.25) is 0 Å². The summed E-state index contributed by atoms with van der Waals surface area (Å²) in [5.74, 6) is 0. The van der Waals surface area contributed by atoms with Crippen molar-refractivity contribution in [3.8, 4) is 6.07 Å². The van der Waals surface area contributed by atoms with Crippen LogP contribution in [0, 0.1) is 18.3 Å². The topological polar surface area (TPSA) is 61.1 Å². The van der Waals surface area contributed by atoms with Crippen LogP contribution in [0.4, 0.5) is 0 Å². The fourth-order valence-electron chi connectivity index (χ4n) is 4.04. The van der Waals surface area contributed by atoms with E-state index in [1.165, 1.54) is 12.8 Å². The van der Waals surface area contributed by atoms with Crippen molar-refractivity contribution in [3.63, 3.8) is 0 Å². The van der Waals surface area contributed by atoms with Gasteiger partial charge in [0.1, 0.15) is 18.0 Å². The first-order valence-electron chi connectivity index (χ1n) is 8.62. The van der Waals surface area contributed by atoms with Crippen LogP contribution in [-0.4, -0.2) is 47.5 Å². The van der Waals surface area contributed by atoms with Gasteiger partial charge in [-0.25, -0.2) is 0 Å². The van der Waals surface area contributed by atoms with Crippen LogP contribution in [0.5, 0.6) is 0 Å². The zero-order chi connectivity index (χ0) is 16.7. The third-order valence-electron chi connectivity index (χ3n) is 5.71. The molecule has 0 spiro atoms. The molecule has 0 bridgehead atoms. The van der Waals surface area contributed by atoms with Gasteiger partial charge in [-0.1, -0.05) is 0 Å². The third-order valence-corrected chi connectivity index (χ3v) is 5.71. The second kappa shape index (κ2) is 5.73. The minimum absolute atomic E-state index is 0.205. The Kier molecular flexibility index (Phi) is 3.67. The standard InChI is InChI=1S/C19H22N4O/c1-14-15(12-24)2-3-18-17(14)10-16(11-20)23(18)13-19(4-5-19)22-8-6-21-7-9-22/h2-3,10,12,21H,4-9,13H2,1H3. The number of nitrogens with one attached hydrogen (secondary N) is 1. The molecule has 0 atom stereocenters. The molecule has 1 saturated carbocycles. The van der Waals surface area contributed by atoms with Crippen molar-refractivity contribution < 1.29 is 4.79 Å². The van der Waals surface area contributed by atoms with E-state index in [1.54, 1.807) is 0 Å². The van der Waals surface area contributed by atoms with Crippen molar-refractivity contribution in [1.82, 2.24) is 14.8 Å². The number of nitriles is 1. The minimum Gasteiger partial charge on any atom is -0.330 e. The molecule has 5 heteroatoms. The summed E-state index contributed by atoms with van der Waals surface area (Å²) in [5.41, 5.74) is 3.63. The summed E-state index contributed by atoms with van der Waals surface area (Å²) in [6, 6.07) is 8.14. The summed E-state index contributed by atoms with van der Waals surface area (Å²) in [6.07, 6.45) is 3.28. The molecule has 2 aliphatic rings. The molecule has 0 amide bonds. The lowest BCUT2D eigenvalue weighted by Crippen LogP contribution is -2.51. The summed E-state index contributed by atoms with van der Waals surface area (Å²) < 4.78 is 2.16. The molecule has 124 valence electrons. The summed E-state index contributed by atoms with van der Waals surface area (Å²) in [7, 11) is 0. The fourth-order valence-corrected chi connectivity index (χ4v) is 4.04. The van der Waals surface area contributed by atoms with Gasteiger partial charge in [-0.3, -0.25) is 9.69 Å². The van der Waals surface area contributed by atoms with Gasteiger partial charge in [0.2, 0.25) is 0 Å². The number of nitrogens with zero attached hydrogens (tertiary/aromatic N) is 3. The Morgan fingerprint density at radius 2 is 2.08 bits per heavy atom. The van der Waals surface area contributed by atoms with E-state index in [2.05, 4.69) is 20.9 Å². The number of fused-ring (bicyclic) bond motifs is 1. The molecule has 0 unspecified atom stereocenters. The molecule has 1 aromatic heterocycles. The van der Waals surface area contributed by atoms with Gasteiger partial charge < -0.3 is 9.88 Å². The van der Waals surface area contributed by atoms with Gasteiger partial charge >= 0.3 is 0 Å². The lowest BCUT2D eigenvalue weighted by Gasteiger charge is -2.36. The van der Waals surface area contributed by atoms with E-state index in [4.69, 9.17) is 0 Å². The maximum Gasteiger partial charge on any atom is 0.150 e. The molecule has 5 nitrogen and oxygen atoms in total. The first-order valence-corrected chi connectivity index (χ1v) is 8.62. The van der Waals surface area contributed by atoms with Crippen LogP contribution in [-0.2, 0) is 6.54 Å². The predicted molar refractivity (Wildman–Crippen MR) is 93.2 cm³/mol. The molecule has 2 fully saturated rings. The molecule has 1 saturated heterocycles. The van der Waals surface area contributed by atoms with Crippen molar-refractivity contribution in [1.29, 1.82) is 5.26 Å². The number of carbonyl (C=O) groups is 1. The van der Waals surface area contributed by atoms with Gasteiger partial charge in [0, 0.05) is 54.7 Å². The van der Waals surface area contributed by atoms with Crippen molar-refractivity contribution in [3.05, 3.63) is 35.0 Å². The first-order chi connectivity index (χ1) is 11.7. The highest BCUT2D eigenvalue weighted by atomic mass is 16.1. The Balaban J connectivity index is 1.75. The van der Waals surface area contributed by atoms with E-state index in [0.29, 0.717) is 11.3 Å². The number of hydrogen-bond donors (Lipinski definition) is 1. The first kappa shape index (κ1) is 15.4. The average Bonchev–Trinajstić information content (AvgIpc) is 3.32. The molecule has 4 rings (SSSR count). The molecule has 1 aliphatic heterocycles. The van der Waals surface area contributed by atoms with Gasteiger partial charge in [-0.15, -0.1) is 0 Å². The van der Waals surface area contributed by atoms with E-state index in [-0.39, 0.29) is 5.54 Å². The van der Waals surface area contributed by atoms with Gasteiger partial charge in [-0.2, -0.15) is 5.26 Å². The van der Waals surface area contributed by atoms with Crippen LogP contribution in [0.1, 0.15) is 34.5 Å². The Hall–Kier alpha value is -2.16. The lowest BCUT2D eigenvalue weighted by atomic mass is 10.1. The quantitative estimate of drug-likeness (QED) is 0.876. The highest BCUT2D eigenvalue weighted by Crippen LogP contribution is 2.44. The largest absolute Gasteiger partial charge is 0.330 e. The Morgan fingerprint density at radius 3 is 2.71 bits per heavy atom. The maximum atomic E-state index is 11.2. The van der Waals surface area contributed by atoms with E-state index in [9.17, 15) is 10.1 Å². The van der Waals surface area contributed by atoms with E-state index in [0.717, 1.165) is 55.5 Å². The predicted octanol–water partition coefficient (Wildman–Crippen LogP) is 2.07. The normalized spacial score (nSPS) is 20.0. The SMILES string of the molecule is Cc1c(C=O)ccc2c1cc(C#N)n2CC1(N2CCNCC2)CC1. The number of piperazine rings is 1. The Labute approximate surface area is 141 Å². The molecule has 2 heterocycles. The van der Waals surface area contributed by atoms with E-state index >= 15 is 0 Å². The minimum atomic E-state index is 0.205. The van der Waals surface area contributed by atoms with Crippen LogP contribution in [0.3, 0.4) is 0 Å². The highest BCUT2D eigenvalue weighted by Gasteiger charge is 2.48. The second-order valence-corrected chi connectivity index (χ2v) is 7.02. The van der Waals surface area contributed by atoms with Crippen molar-refractivity contribution >= 4 is 17.2 Å². The molecular weight excluding hydrogens is 300 g/mol. The molecular formula is C19H22N4O. The van der Waals surface area contributed by atoms with Crippen molar-refractivity contribution in [2.75, 3.05) is 26.2 Å². The lowest BCUT2D eigenvalue weighted by molar-refractivity contribution is 0.112. The van der Waals surface area contributed by atoms with E-state index in [1.807, 2.05) is 25.1 Å². The number of benzene rings is 1. The molecule has 0 radical (unpaired) electrons.